The fraction of sp³-hybridized carbons (Fsp3) is 0.667. The van der Waals surface area contributed by atoms with Crippen molar-refractivity contribution in [1.82, 2.24) is 19.8 Å². The van der Waals surface area contributed by atoms with Gasteiger partial charge in [0.2, 0.25) is 0 Å². The standard InChI is InChI=1S/C15H24N4O2S/c1-10(2)7-11(9-18(3)4)17-13(20)12-8-16-15-19(14(12)21)5-6-22-15/h8,10-11H,5-7,9H2,1-4H3,(H,17,20)/t11-/m0/s1. The van der Waals surface area contributed by atoms with Gasteiger partial charge >= 0.3 is 0 Å². The van der Waals surface area contributed by atoms with Crippen molar-refractivity contribution in [3.05, 3.63) is 22.1 Å². The van der Waals surface area contributed by atoms with Gasteiger partial charge in [-0.2, -0.15) is 0 Å². The maximum absolute atomic E-state index is 12.4. The van der Waals surface area contributed by atoms with E-state index >= 15 is 0 Å². The molecule has 1 N–H and O–H groups in total. The van der Waals surface area contributed by atoms with Crippen LogP contribution < -0.4 is 10.9 Å². The number of hydrogen-bond acceptors (Lipinski definition) is 5. The van der Waals surface area contributed by atoms with Gasteiger partial charge in [0, 0.05) is 31.1 Å². The number of carbonyl (C=O) groups is 1. The molecule has 0 fully saturated rings. The van der Waals surface area contributed by atoms with Gasteiger partial charge in [-0.15, -0.1) is 0 Å². The first-order valence-electron chi connectivity index (χ1n) is 7.56. The molecule has 1 aromatic rings. The number of thioether (sulfide) groups is 1. The van der Waals surface area contributed by atoms with Crippen LogP contribution in [0.3, 0.4) is 0 Å². The van der Waals surface area contributed by atoms with E-state index in [1.54, 1.807) is 16.3 Å². The Bertz CT molecular complexity index is 588. The lowest BCUT2D eigenvalue weighted by Gasteiger charge is -2.23. The molecule has 0 bridgehead atoms. The second-order valence-corrected chi connectivity index (χ2v) is 7.38. The van der Waals surface area contributed by atoms with Gasteiger partial charge in [-0.05, 0) is 26.4 Å². The fourth-order valence-electron chi connectivity index (χ4n) is 2.63. The van der Waals surface area contributed by atoms with Crippen LogP contribution in [0.4, 0.5) is 0 Å². The topological polar surface area (TPSA) is 67.2 Å². The SMILES string of the molecule is CC(C)C[C@@H](CN(C)C)NC(=O)c1cnc2n(c1=O)CCS2. The lowest BCUT2D eigenvalue weighted by atomic mass is 10.0. The maximum atomic E-state index is 12.4. The number of carbonyl (C=O) groups excluding carboxylic acids is 1. The second kappa shape index (κ2) is 7.28. The summed E-state index contributed by atoms with van der Waals surface area (Å²) in [6, 6.07) is 0.0227. The van der Waals surface area contributed by atoms with E-state index in [4.69, 9.17) is 0 Å². The molecule has 2 heterocycles. The molecule has 7 heteroatoms. The quantitative estimate of drug-likeness (QED) is 0.793. The molecule has 22 heavy (non-hydrogen) atoms. The molecule has 1 aromatic heterocycles. The van der Waals surface area contributed by atoms with Crippen LogP contribution in [0, 0.1) is 5.92 Å². The minimum Gasteiger partial charge on any atom is -0.348 e. The van der Waals surface area contributed by atoms with Crippen LogP contribution >= 0.6 is 11.8 Å². The van der Waals surface area contributed by atoms with Crippen LogP contribution in [0.5, 0.6) is 0 Å². The van der Waals surface area contributed by atoms with Crippen LogP contribution in [0.2, 0.25) is 0 Å². The number of hydrogen-bond donors (Lipinski definition) is 1. The predicted octanol–water partition coefficient (Wildman–Crippen LogP) is 1.06. The first-order chi connectivity index (χ1) is 10.4. The zero-order valence-corrected chi connectivity index (χ0v) is 14.4. The Morgan fingerprint density at radius 3 is 2.86 bits per heavy atom. The molecule has 0 aliphatic carbocycles. The van der Waals surface area contributed by atoms with E-state index in [1.165, 1.54) is 6.20 Å². The van der Waals surface area contributed by atoms with Gasteiger partial charge in [0.1, 0.15) is 5.56 Å². The Kier molecular flexibility index (Phi) is 5.63. The number of likely N-dealkylation sites (N-methyl/N-ethyl adjacent to an activating group) is 1. The zero-order chi connectivity index (χ0) is 16.3. The summed E-state index contributed by atoms with van der Waals surface area (Å²) in [4.78, 5) is 31.1. The summed E-state index contributed by atoms with van der Waals surface area (Å²) < 4.78 is 1.59. The van der Waals surface area contributed by atoms with Gasteiger partial charge in [0.25, 0.3) is 11.5 Å². The van der Waals surface area contributed by atoms with Gasteiger partial charge in [-0.3, -0.25) is 14.2 Å². The number of rotatable bonds is 6. The summed E-state index contributed by atoms with van der Waals surface area (Å²) in [5.41, 5.74) is -0.0978. The summed E-state index contributed by atoms with van der Waals surface area (Å²) in [6.45, 7) is 5.62. The smallest absolute Gasteiger partial charge is 0.267 e. The third-order valence-electron chi connectivity index (χ3n) is 3.48. The van der Waals surface area contributed by atoms with E-state index in [-0.39, 0.29) is 23.1 Å². The second-order valence-electron chi connectivity index (χ2n) is 6.32. The van der Waals surface area contributed by atoms with Crippen LogP contribution in [0.15, 0.2) is 16.1 Å². The van der Waals surface area contributed by atoms with Crippen molar-refractivity contribution >= 4 is 17.7 Å². The van der Waals surface area contributed by atoms with Crippen molar-refractivity contribution in [2.24, 2.45) is 5.92 Å². The first kappa shape index (κ1) is 17.0. The largest absolute Gasteiger partial charge is 0.348 e. The lowest BCUT2D eigenvalue weighted by Crippen LogP contribution is -2.44. The molecule has 0 saturated heterocycles. The monoisotopic (exact) mass is 324 g/mol. The highest BCUT2D eigenvalue weighted by atomic mass is 32.2. The number of fused-ring (bicyclic) bond motifs is 1. The normalized spacial score (nSPS) is 15.2. The molecule has 1 amide bonds. The predicted molar refractivity (Wildman–Crippen MR) is 88.5 cm³/mol. The third-order valence-corrected chi connectivity index (χ3v) is 4.45. The molecule has 0 spiro atoms. The minimum absolute atomic E-state index is 0.0227. The molecule has 1 aliphatic rings. The highest BCUT2D eigenvalue weighted by molar-refractivity contribution is 7.99. The van der Waals surface area contributed by atoms with E-state index < -0.39 is 0 Å². The molecule has 0 aromatic carbocycles. The zero-order valence-electron chi connectivity index (χ0n) is 13.6. The van der Waals surface area contributed by atoms with Crippen molar-refractivity contribution in [1.29, 1.82) is 0 Å². The molecule has 0 saturated carbocycles. The third kappa shape index (κ3) is 4.10. The van der Waals surface area contributed by atoms with Crippen molar-refractivity contribution < 1.29 is 4.79 Å². The highest BCUT2D eigenvalue weighted by Gasteiger charge is 2.22. The van der Waals surface area contributed by atoms with Crippen molar-refractivity contribution in [2.45, 2.75) is 38.0 Å². The molecule has 1 aliphatic heterocycles. The average molecular weight is 324 g/mol. The fourth-order valence-corrected chi connectivity index (χ4v) is 3.54. The van der Waals surface area contributed by atoms with Gasteiger partial charge in [0.15, 0.2) is 5.16 Å². The van der Waals surface area contributed by atoms with Crippen LogP contribution in [-0.2, 0) is 6.54 Å². The van der Waals surface area contributed by atoms with Gasteiger partial charge in [-0.1, -0.05) is 25.6 Å². The van der Waals surface area contributed by atoms with Crippen molar-refractivity contribution in [2.75, 3.05) is 26.4 Å². The Hall–Kier alpha value is -1.34. The van der Waals surface area contributed by atoms with E-state index in [2.05, 4.69) is 24.1 Å². The molecular weight excluding hydrogens is 300 g/mol. The average Bonchev–Trinajstić information content (AvgIpc) is 2.86. The summed E-state index contributed by atoms with van der Waals surface area (Å²) in [6.07, 6.45) is 2.28. The van der Waals surface area contributed by atoms with Crippen LogP contribution in [0.1, 0.15) is 30.6 Å². The van der Waals surface area contributed by atoms with Crippen molar-refractivity contribution in [3.8, 4) is 0 Å². The Morgan fingerprint density at radius 1 is 1.50 bits per heavy atom. The van der Waals surface area contributed by atoms with E-state index in [9.17, 15) is 9.59 Å². The molecule has 122 valence electrons. The molecule has 6 nitrogen and oxygen atoms in total. The van der Waals surface area contributed by atoms with Crippen LogP contribution in [0.25, 0.3) is 0 Å². The van der Waals surface area contributed by atoms with Gasteiger partial charge in [-0.25, -0.2) is 4.98 Å². The molecule has 0 unspecified atom stereocenters. The Labute approximate surface area is 135 Å². The molecular formula is C15H24N4O2S. The number of nitrogens with zero attached hydrogens (tertiary/aromatic N) is 3. The van der Waals surface area contributed by atoms with Gasteiger partial charge in [0.05, 0.1) is 0 Å². The summed E-state index contributed by atoms with van der Waals surface area (Å²) in [5.74, 6) is 0.988. The van der Waals surface area contributed by atoms with E-state index in [0.717, 1.165) is 18.7 Å². The van der Waals surface area contributed by atoms with Gasteiger partial charge < -0.3 is 10.2 Å². The molecule has 2 rings (SSSR count). The molecule has 1 atom stereocenters. The summed E-state index contributed by atoms with van der Waals surface area (Å²) >= 11 is 1.55. The maximum Gasteiger partial charge on any atom is 0.267 e. The molecule has 0 radical (unpaired) electrons. The van der Waals surface area contributed by atoms with Crippen molar-refractivity contribution in [3.63, 3.8) is 0 Å². The summed E-state index contributed by atoms with van der Waals surface area (Å²) in [5, 5.41) is 3.69. The Balaban J connectivity index is 2.15. The lowest BCUT2D eigenvalue weighted by molar-refractivity contribution is 0.0921. The van der Waals surface area contributed by atoms with Crippen LogP contribution in [-0.4, -0.2) is 52.8 Å². The van der Waals surface area contributed by atoms with E-state index in [1.807, 2.05) is 19.0 Å². The van der Waals surface area contributed by atoms with E-state index in [0.29, 0.717) is 17.6 Å². The minimum atomic E-state index is -0.322. The highest BCUT2D eigenvalue weighted by Crippen LogP contribution is 2.20. The first-order valence-corrected chi connectivity index (χ1v) is 8.55. The number of nitrogens with one attached hydrogen (secondary N) is 1. The number of aromatic nitrogens is 2. The number of amides is 1. The Morgan fingerprint density at radius 2 is 2.23 bits per heavy atom. The summed E-state index contributed by atoms with van der Waals surface area (Å²) in [7, 11) is 3.95.